The Bertz CT molecular complexity index is 626. The Morgan fingerprint density at radius 3 is 2.52 bits per heavy atom. The van der Waals surface area contributed by atoms with E-state index < -0.39 is 0 Å². The van der Waals surface area contributed by atoms with Crippen molar-refractivity contribution >= 4 is 28.3 Å². The van der Waals surface area contributed by atoms with Gasteiger partial charge in [-0.05, 0) is 24.1 Å². The molecule has 150 valence electrons. The fourth-order valence-corrected chi connectivity index (χ4v) is 4.43. The number of methoxy groups -OCH3 is 2. The van der Waals surface area contributed by atoms with Gasteiger partial charge in [0, 0.05) is 32.7 Å². The Labute approximate surface area is 171 Å². The Kier molecular flexibility index (Phi) is 8.02. The summed E-state index contributed by atoms with van der Waals surface area (Å²) >= 11 is 7.35. The van der Waals surface area contributed by atoms with Crippen LogP contribution in [0.15, 0.2) is 18.2 Å². The summed E-state index contributed by atoms with van der Waals surface area (Å²) < 4.78 is 17.1. The van der Waals surface area contributed by atoms with Gasteiger partial charge in [0.1, 0.15) is 4.32 Å². The van der Waals surface area contributed by atoms with E-state index in [1.165, 1.54) is 5.56 Å². The lowest BCUT2D eigenvalue weighted by molar-refractivity contribution is 0.0326. The maximum Gasteiger partial charge on any atom is 0.160 e. The van der Waals surface area contributed by atoms with Crippen LogP contribution in [0.4, 0.5) is 0 Å². The summed E-state index contributed by atoms with van der Waals surface area (Å²) in [7, 11) is 3.33. The van der Waals surface area contributed by atoms with E-state index in [1.54, 1.807) is 26.0 Å². The number of hydrogen-bond acceptors (Lipinski definition) is 7. The minimum absolute atomic E-state index is 0.764. The summed E-state index contributed by atoms with van der Waals surface area (Å²) in [4.78, 5) is 7.26. The third kappa shape index (κ3) is 5.96. The molecule has 2 saturated heterocycles. The minimum Gasteiger partial charge on any atom is -0.493 e. The zero-order valence-corrected chi connectivity index (χ0v) is 17.8. The Hall–Kier alpha value is -1.06. The first-order chi connectivity index (χ1) is 13.2. The van der Waals surface area contributed by atoms with E-state index in [1.807, 2.05) is 6.07 Å². The SMILES string of the molecule is COc1ccc(CCN2CN(CCN3CCOCC3)CSC2=S)cc1OC. The molecule has 0 unspecified atom stereocenters. The van der Waals surface area contributed by atoms with Crippen molar-refractivity contribution in [3.8, 4) is 11.5 Å². The number of hydrogen-bond donors (Lipinski definition) is 0. The lowest BCUT2D eigenvalue weighted by Gasteiger charge is -2.38. The molecule has 0 aromatic heterocycles. The van der Waals surface area contributed by atoms with Crippen molar-refractivity contribution < 1.29 is 14.2 Å². The van der Waals surface area contributed by atoms with Crippen molar-refractivity contribution in [3.05, 3.63) is 23.8 Å². The fourth-order valence-electron chi connectivity index (χ4n) is 3.28. The molecule has 27 heavy (non-hydrogen) atoms. The predicted molar refractivity (Wildman–Crippen MR) is 114 cm³/mol. The second-order valence-electron chi connectivity index (χ2n) is 6.73. The van der Waals surface area contributed by atoms with Gasteiger partial charge >= 0.3 is 0 Å². The molecule has 2 heterocycles. The van der Waals surface area contributed by atoms with Crippen molar-refractivity contribution in [2.45, 2.75) is 6.42 Å². The van der Waals surface area contributed by atoms with Crippen LogP contribution in [0.2, 0.25) is 0 Å². The number of thioether (sulfide) groups is 1. The van der Waals surface area contributed by atoms with Crippen LogP contribution in [0, 0.1) is 0 Å². The molecule has 0 radical (unpaired) electrons. The van der Waals surface area contributed by atoms with Gasteiger partial charge in [-0.25, -0.2) is 0 Å². The molecule has 6 nitrogen and oxygen atoms in total. The maximum absolute atomic E-state index is 5.58. The summed E-state index contributed by atoms with van der Waals surface area (Å²) in [5, 5.41) is 0. The third-order valence-corrected chi connectivity index (χ3v) is 6.57. The standard InChI is InChI=1S/C19H29N3O3S2/c1-23-17-4-3-16(13-18(17)24-2)5-6-22-14-21(15-27-19(22)26)8-7-20-9-11-25-12-10-20/h3-4,13H,5-12,14-15H2,1-2H3. The average molecular weight is 412 g/mol. The Balaban J connectivity index is 1.49. The second-order valence-corrected chi connectivity index (χ2v) is 8.31. The summed E-state index contributed by atoms with van der Waals surface area (Å²) in [5.74, 6) is 2.52. The number of rotatable bonds is 8. The smallest absolute Gasteiger partial charge is 0.160 e. The molecule has 1 aromatic carbocycles. The van der Waals surface area contributed by atoms with Crippen molar-refractivity contribution in [2.24, 2.45) is 0 Å². The van der Waals surface area contributed by atoms with Crippen LogP contribution >= 0.6 is 24.0 Å². The molecule has 0 spiro atoms. The van der Waals surface area contributed by atoms with Gasteiger partial charge in [-0.1, -0.05) is 30.0 Å². The highest BCUT2D eigenvalue weighted by Gasteiger charge is 2.22. The van der Waals surface area contributed by atoms with E-state index in [-0.39, 0.29) is 0 Å². The molecule has 2 aliphatic rings. The van der Waals surface area contributed by atoms with E-state index in [0.29, 0.717) is 0 Å². The van der Waals surface area contributed by atoms with Crippen molar-refractivity contribution in [1.29, 1.82) is 0 Å². The number of thiocarbonyl (C=S) groups is 1. The highest BCUT2D eigenvalue weighted by atomic mass is 32.2. The zero-order chi connectivity index (χ0) is 19.1. The molecule has 3 rings (SSSR count). The van der Waals surface area contributed by atoms with Gasteiger partial charge in [0.2, 0.25) is 0 Å². The van der Waals surface area contributed by atoms with E-state index >= 15 is 0 Å². The highest BCUT2D eigenvalue weighted by molar-refractivity contribution is 8.22. The van der Waals surface area contributed by atoms with Gasteiger partial charge in [0.15, 0.2) is 11.5 Å². The van der Waals surface area contributed by atoms with Crippen LogP contribution < -0.4 is 9.47 Å². The Morgan fingerprint density at radius 1 is 1.04 bits per heavy atom. The Morgan fingerprint density at radius 2 is 1.78 bits per heavy atom. The molecule has 1 aromatic rings. The van der Waals surface area contributed by atoms with Gasteiger partial charge in [-0.2, -0.15) is 0 Å². The van der Waals surface area contributed by atoms with Crippen LogP contribution in [-0.2, 0) is 11.2 Å². The van der Waals surface area contributed by atoms with Gasteiger partial charge in [-0.15, -0.1) is 0 Å². The fraction of sp³-hybridized carbons (Fsp3) is 0.632. The average Bonchev–Trinajstić information content (AvgIpc) is 2.72. The number of morpholine rings is 1. The van der Waals surface area contributed by atoms with Crippen molar-refractivity contribution in [2.75, 3.05) is 72.7 Å². The summed E-state index contributed by atoms with van der Waals surface area (Å²) in [6, 6.07) is 6.11. The van der Waals surface area contributed by atoms with Gasteiger partial charge in [-0.3, -0.25) is 9.80 Å². The molecule has 0 N–H and O–H groups in total. The topological polar surface area (TPSA) is 37.4 Å². The van der Waals surface area contributed by atoms with Crippen molar-refractivity contribution in [1.82, 2.24) is 14.7 Å². The number of nitrogens with zero attached hydrogens (tertiary/aromatic N) is 3. The number of ether oxygens (including phenoxy) is 3. The molecular weight excluding hydrogens is 382 g/mol. The first-order valence-electron chi connectivity index (χ1n) is 9.34. The lowest BCUT2D eigenvalue weighted by Crippen LogP contribution is -2.48. The molecule has 0 bridgehead atoms. The molecule has 2 aliphatic heterocycles. The molecule has 2 fully saturated rings. The predicted octanol–water partition coefficient (Wildman–Crippen LogP) is 2.13. The molecule has 0 saturated carbocycles. The van der Waals surface area contributed by atoms with Crippen LogP contribution in [0.3, 0.4) is 0 Å². The summed E-state index contributed by atoms with van der Waals surface area (Å²) in [6.45, 7) is 7.79. The first kappa shape index (κ1) is 20.7. The van der Waals surface area contributed by atoms with Crippen LogP contribution in [-0.4, -0.2) is 91.7 Å². The van der Waals surface area contributed by atoms with Crippen molar-refractivity contribution in [3.63, 3.8) is 0 Å². The monoisotopic (exact) mass is 411 g/mol. The van der Waals surface area contributed by atoms with Crippen LogP contribution in [0.25, 0.3) is 0 Å². The van der Waals surface area contributed by atoms with E-state index in [4.69, 9.17) is 26.4 Å². The zero-order valence-electron chi connectivity index (χ0n) is 16.2. The van der Waals surface area contributed by atoms with E-state index in [0.717, 1.165) is 80.7 Å². The van der Waals surface area contributed by atoms with Gasteiger partial charge < -0.3 is 19.1 Å². The van der Waals surface area contributed by atoms with Crippen LogP contribution in [0.5, 0.6) is 11.5 Å². The highest BCUT2D eigenvalue weighted by Crippen LogP contribution is 2.28. The molecule has 0 amide bonds. The third-order valence-electron chi connectivity index (χ3n) is 4.95. The van der Waals surface area contributed by atoms with Crippen LogP contribution in [0.1, 0.15) is 5.56 Å². The quantitative estimate of drug-likeness (QED) is 0.603. The molecule has 0 atom stereocenters. The first-order valence-corrected chi connectivity index (χ1v) is 10.7. The lowest BCUT2D eigenvalue weighted by atomic mass is 10.1. The normalized spacial score (nSPS) is 19.3. The van der Waals surface area contributed by atoms with E-state index in [9.17, 15) is 0 Å². The van der Waals surface area contributed by atoms with Gasteiger partial charge in [0.25, 0.3) is 0 Å². The molecule has 0 aliphatic carbocycles. The molecule has 8 heteroatoms. The summed E-state index contributed by atoms with van der Waals surface area (Å²) in [6.07, 6.45) is 0.929. The summed E-state index contributed by atoms with van der Waals surface area (Å²) in [5.41, 5.74) is 1.23. The number of benzene rings is 1. The second kappa shape index (κ2) is 10.5. The van der Waals surface area contributed by atoms with E-state index in [2.05, 4.69) is 26.8 Å². The minimum atomic E-state index is 0.764. The molecular formula is C19H29N3O3S2. The maximum atomic E-state index is 5.58. The largest absolute Gasteiger partial charge is 0.493 e. The van der Waals surface area contributed by atoms with Gasteiger partial charge in [0.05, 0.1) is 40.0 Å².